The van der Waals surface area contributed by atoms with Gasteiger partial charge in [0.25, 0.3) is 0 Å². The van der Waals surface area contributed by atoms with E-state index in [0.717, 1.165) is 12.2 Å². The third-order valence-electron chi connectivity index (χ3n) is 3.81. The highest BCUT2D eigenvalue weighted by Crippen LogP contribution is 2.22. The lowest BCUT2D eigenvalue weighted by Crippen LogP contribution is -2.17. The minimum absolute atomic E-state index is 0.205. The normalized spacial score (nSPS) is 12.2. The molecule has 0 aliphatic rings. The van der Waals surface area contributed by atoms with Crippen LogP contribution in [0.5, 0.6) is 0 Å². The van der Waals surface area contributed by atoms with Crippen LogP contribution < -0.4 is 5.32 Å². The van der Waals surface area contributed by atoms with E-state index in [1.54, 1.807) is 11.7 Å². The number of nitriles is 1. The monoisotopic (exact) mass is 292 g/mol. The highest BCUT2D eigenvalue weighted by atomic mass is 16.4. The molecule has 6 heteroatoms. The van der Waals surface area contributed by atoms with Crippen LogP contribution in [0.15, 0.2) is 0 Å². The number of carbonyl (C=O) groups is 1. The third-order valence-corrected chi connectivity index (χ3v) is 3.81. The number of aliphatic carboxylic acids is 1. The fourth-order valence-electron chi connectivity index (χ4n) is 2.49. The summed E-state index contributed by atoms with van der Waals surface area (Å²) in [5.74, 6) is 0.779. The average molecular weight is 292 g/mol. The number of carboxylic acids is 1. The molecule has 21 heavy (non-hydrogen) atoms. The SMILES string of the molecule is Cc1nn(C)c(NCCC(CCC(=O)O)C(C)C)c1C#N. The molecule has 1 unspecified atom stereocenters. The van der Waals surface area contributed by atoms with Gasteiger partial charge >= 0.3 is 5.97 Å². The van der Waals surface area contributed by atoms with Gasteiger partial charge in [-0.3, -0.25) is 9.48 Å². The quantitative estimate of drug-likeness (QED) is 0.768. The van der Waals surface area contributed by atoms with Gasteiger partial charge in [0.1, 0.15) is 17.5 Å². The Balaban J connectivity index is 2.58. The summed E-state index contributed by atoms with van der Waals surface area (Å²) in [5, 5.41) is 25.4. The molecule has 0 aromatic carbocycles. The number of aryl methyl sites for hydroxylation is 2. The van der Waals surface area contributed by atoms with Crippen LogP contribution in [-0.4, -0.2) is 27.4 Å². The van der Waals surface area contributed by atoms with E-state index >= 15 is 0 Å². The van der Waals surface area contributed by atoms with E-state index < -0.39 is 5.97 Å². The first kappa shape index (κ1) is 17.0. The average Bonchev–Trinajstić information content (AvgIpc) is 2.66. The number of hydrogen-bond acceptors (Lipinski definition) is 4. The van der Waals surface area contributed by atoms with Crippen LogP contribution in [0, 0.1) is 30.1 Å². The Morgan fingerprint density at radius 1 is 1.48 bits per heavy atom. The fraction of sp³-hybridized carbons (Fsp3) is 0.667. The predicted octanol–water partition coefficient (Wildman–Crippen LogP) is 2.54. The molecular weight excluding hydrogens is 268 g/mol. The van der Waals surface area contributed by atoms with Crippen LogP contribution >= 0.6 is 0 Å². The first-order valence-corrected chi connectivity index (χ1v) is 7.26. The Bertz CT molecular complexity index is 529. The van der Waals surface area contributed by atoms with E-state index in [1.165, 1.54) is 0 Å². The topological polar surface area (TPSA) is 90.9 Å². The highest BCUT2D eigenvalue weighted by molar-refractivity contribution is 5.66. The molecule has 0 bridgehead atoms. The summed E-state index contributed by atoms with van der Waals surface area (Å²) in [6, 6.07) is 2.16. The van der Waals surface area contributed by atoms with Crippen molar-refractivity contribution >= 4 is 11.8 Å². The van der Waals surface area contributed by atoms with Gasteiger partial charge in [0.15, 0.2) is 0 Å². The zero-order valence-corrected chi connectivity index (χ0v) is 13.2. The van der Waals surface area contributed by atoms with Crippen LogP contribution in [0.25, 0.3) is 0 Å². The summed E-state index contributed by atoms with van der Waals surface area (Å²) in [6.07, 6.45) is 1.77. The summed E-state index contributed by atoms with van der Waals surface area (Å²) in [5.41, 5.74) is 1.29. The molecule has 116 valence electrons. The van der Waals surface area contributed by atoms with Crippen LogP contribution in [-0.2, 0) is 11.8 Å². The molecule has 0 fully saturated rings. The maximum Gasteiger partial charge on any atom is 0.303 e. The van der Waals surface area contributed by atoms with E-state index in [0.29, 0.717) is 36.1 Å². The van der Waals surface area contributed by atoms with E-state index in [2.05, 4.69) is 30.3 Å². The smallest absolute Gasteiger partial charge is 0.303 e. The fourth-order valence-corrected chi connectivity index (χ4v) is 2.49. The summed E-state index contributed by atoms with van der Waals surface area (Å²) in [6.45, 7) is 6.74. The van der Waals surface area contributed by atoms with Crippen molar-refractivity contribution in [1.82, 2.24) is 9.78 Å². The van der Waals surface area contributed by atoms with Gasteiger partial charge in [-0.1, -0.05) is 13.8 Å². The van der Waals surface area contributed by atoms with Crippen LogP contribution in [0.1, 0.15) is 44.4 Å². The highest BCUT2D eigenvalue weighted by Gasteiger charge is 2.16. The summed E-state index contributed by atoms with van der Waals surface area (Å²) in [4.78, 5) is 10.7. The zero-order chi connectivity index (χ0) is 16.0. The Labute approximate surface area is 125 Å². The van der Waals surface area contributed by atoms with Gasteiger partial charge in [0.2, 0.25) is 0 Å². The summed E-state index contributed by atoms with van der Waals surface area (Å²) in [7, 11) is 1.81. The largest absolute Gasteiger partial charge is 0.481 e. The van der Waals surface area contributed by atoms with E-state index in [9.17, 15) is 4.79 Å². The second-order valence-corrected chi connectivity index (χ2v) is 5.70. The van der Waals surface area contributed by atoms with E-state index in [1.807, 2.05) is 6.92 Å². The van der Waals surface area contributed by atoms with E-state index in [4.69, 9.17) is 10.4 Å². The molecule has 0 saturated carbocycles. The molecule has 1 aromatic heterocycles. The van der Waals surface area contributed by atoms with Crippen molar-refractivity contribution < 1.29 is 9.90 Å². The molecule has 0 spiro atoms. The molecule has 2 N–H and O–H groups in total. The van der Waals surface area contributed by atoms with Gasteiger partial charge in [-0.2, -0.15) is 10.4 Å². The molecule has 0 aliphatic carbocycles. The maximum atomic E-state index is 10.7. The van der Waals surface area contributed by atoms with Gasteiger partial charge < -0.3 is 10.4 Å². The molecule has 1 aromatic rings. The van der Waals surface area contributed by atoms with Crippen molar-refractivity contribution in [2.75, 3.05) is 11.9 Å². The number of rotatable bonds is 8. The Morgan fingerprint density at radius 3 is 2.67 bits per heavy atom. The molecule has 0 radical (unpaired) electrons. The van der Waals surface area contributed by atoms with Gasteiger partial charge in [0, 0.05) is 20.0 Å². The molecule has 0 saturated heterocycles. The number of aromatic nitrogens is 2. The van der Waals surface area contributed by atoms with Gasteiger partial charge in [-0.25, -0.2) is 0 Å². The minimum Gasteiger partial charge on any atom is -0.481 e. The lowest BCUT2D eigenvalue weighted by atomic mass is 9.88. The number of hydrogen-bond donors (Lipinski definition) is 2. The molecule has 1 atom stereocenters. The lowest BCUT2D eigenvalue weighted by Gasteiger charge is -2.20. The molecule has 1 heterocycles. The number of carboxylic acid groups (broad SMARTS) is 1. The van der Waals surface area contributed by atoms with Crippen molar-refractivity contribution in [2.24, 2.45) is 18.9 Å². The van der Waals surface area contributed by atoms with Crippen LogP contribution in [0.3, 0.4) is 0 Å². The summed E-state index contributed by atoms with van der Waals surface area (Å²) < 4.78 is 1.68. The molecule has 0 aliphatic heterocycles. The van der Waals surface area contributed by atoms with Gasteiger partial charge in [-0.05, 0) is 31.6 Å². The number of nitrogens with one attached hydrogen (secondary N) is 1. The predicted molar refractivity (Wildman–Crippen MR) is 81.0 cm³/mol. The van der Waals surface area contributed by atoms with Crippen molar-refractivity contribution in [3.8, 4) is 6.07 Å². The number of anilines is 1. The van der Waals surface area contributed by atoms with Gasteiger partial charge in [-0.15, -0.1) is 0 Å². The first-order chi connectivity index (χ1) is 9.86. The standard InChI is InChI=1S/C15H24N4O2/c1-10(2)12(5-6-14(20)21)7-8-17-15-13(9-16)11(3)18-19(15)4/h10,12,17H,5-8H2,1-4H3,(H,20,21). The van der Waals surface area contributed by atoms with Crippen molar-refractivity contribution in [3.05, 3.63) is 11.3 Å². The third kappa shape index (κ3) is 4.78. The second kappa shape index (κ2) is 7.67. The lowest BCUT2D eigenvalue weighted by molar-refractivity contribution is -0.137. The molecule has 1 rings (SSSR count). The van der Waals surface area contributed by atoms with Crippen LogP contribution in [0.2, 0.25) is 0 Å². The minimum atomic E-state index is -0.748. The van der Waals surface area contributed by atoms with Crippen LogP contribution in [0.4, 0.5) is 5.82 Å². The second-order valence-electron chi connectivity index (χ2n) is 5.70. The Kier molecular flexibility index (Phi) is 6.22. The van der Waals surface area contributed by atoms with Gasteiger partial charge in [0.05, 0.1) is 5.69 Å². The zero-order valence-electron chi connectivity index (χ0n) is 13.2. The van der Waals surface area contributed by atoms with Crippen molar-refractivity contribution in [3.63, 3.8) is 0 Å². The molecule has 0 amide bonds. The first-order valence-electron chi connectivity index (χ1n) is 7.26. The summed E-state index contributed by atoms with van der Waals surface area (Å²) >= 11 is 0. The Morgan fingerprint density at radius 2 is 2.14 bits per heavy atom. The Hall–Kier alpha value is -2.03. The maximum absolute atomic E-state index is 10.7. The van der Waals surface area contributed by atoms with Crippen molar-refractivity contribution in [2.45, 2.75) is 40.0 Å². The van der Waals surface area contributed by atoms with E-state index in [-0.39, 0.29) is 6.42 Å². The van der Waals surface area contributed by atoms with Crippen molar-refractivity contribution in [1.29, 1.82) is 5.26 Å². The number of nitrogens with zero attached hydrogens (tertiary/aromatic N) is 3. The molecular formula is C15H24N4O2. The molecule has 6 nitrogen and oxygen atoms in total.